The summed E-state index contributed by atoms with van der Waals surface area (Å²) in [6.45, 7) is 11.5. The van der Waals surface area contributed by atoms with Crippen LogP contribution in [-0.4, -0.2) is 18.5 Å². The zero-order valence-corrected chi connectivity index (χ0v) is 14.0. The standard InChI is InChI=1S/C19H28O2/c1-6-18-16(9-10-21-18)19(20)15-8-7-14(12(2)3)11-17(15)13(4)5/h7-8,11-13,16,18H,6,9-10H2,1-5H3. The predicted molar refractivity (Wildman–Crippen MR) is 87.1 cm³/mol. The molecule has 116 valence electrons. The number of ketones is 1. The molecule has 2 atom stereocenters. The molecule has 0 amide bonds. The molecule has 1 saturated heterocycles. The molecular formula is C19H28O2. The SMILES string of the molecule is CCC1OCCC1C(=O)c1ccc(C(C)C)cc1C(C)C. The number of hydrogen-bond acceptors (Lipinski definition) is 2. The summed E-state index contributed by atoms with van der Waals surface area (Å²) in [6, 6.07) is 6.37. The van der Waals surface area contributed by atoms with Crippen molar-refractivity contribution in [3.8, 4) is 0 Å². The second-order valence-electron chi connectivity index (χ2n) is 6.73. The van der Waals surface area contributed by atoms with Crippen LogP contribution < -0.4 is 0 Å². The molecule has 0 aromatic heterocycles. The molecule has 1 aromatic carbocycles. The van der Waals surface area contributed by atoms with Gasteiger partial charge in [-0.1, -0.05) is 52.8 Å². The third-order valence-electron chi connectivity index (χ3n) is 4.58. The molecule has 21 heavy (non-hydrogen) atoms. The Bertz CT molecular complexity index is 502. The van der Waals surface area contributed by atoms with E-state index in [1.807, 2.05) is 6.07 Å². The van der Waals surface area contributed by atoms with E-state index in [4.69, 9.17) is 4.74 Å². The fraction of sp³-hybridized carbons (Fsp3) is 0.632. The van der Waals surface area contributed by atoms with E-state index < -0.39 is 0 Å². The first-order chi connectivity index (χ1) is 9.95. The van der Waals surface area contributed by atoms with Gasteiger partial charge >= 0.3 is 0 Å². The van der Waals surface area contributed by atoms with Gasteiger partial charge in [0.15, 0.2) is 5.78 Å². The Labute approximate surface area is 128 Å². The van der Waals surface area contributed by atoms with E-state index in [-0.39, 0.29) is 17.8 Å². The Kier molecular flexibility index (Phi) is 5.21. The summed E-state index contributed by atoms with van der Waals surface area (Å²) in [5.74, 6) is 1.17. The third-order valence-corrected chi connectivity index (χ3v) is 4.58. The minimum atomic E-state index is 0.0393. The highest BCUT2D eigenvalue weighted by Gasteiger charge is 2.34. The number of ether oxygens (including phenoxy) is 1. The molecule has 1 aliphatic rings. The largest absolute Gasteiger partial charge is 0.377 e. The first-order valence-electron chi connectivity index (χ1n) is 8.25. The topological polar surface area (TPSA) is 26.3 Å². The number of hydrogen-bond donors (Lipinski definition) is 0. The van der Waals surface area contributed by atoms with Crippen molar-refractivity contribution >= 4 is 5.78 Å². The number of benzene rings is 1. The van der Waals surface area contributed by atoms with E-state index in [9.17, 15) is 4.79 Å². The molecule has 1 heterocycles. The second kappa shape index (κ2) is 6.74. The summed E-state index contributed by atoms with van der Waals surface area (Å²) >= 11 is 0. The fourth-order valence-corrected chi connectivity index (χ4v) is 3.19. The van der Waals surface area contributed by atoms with Gasteiger partial charge < -0.3 is 4.74 Å². The van der Waals surface area contributed by atoms with Crippen molar-refractivity contribution in [1.82, 2.24) is 0 Å². The van der Waals surface area contributed by atoms with Crippen molar-refractivity contribution in [2.45, 2.75) is 65.4 Å². The molecule has 0 N–H and O–H groups in total. The lowest BCUT2D eigenvalue weighted by Crippen LogP contribution is -2.25. The van der Waals surface area contributed by atoms with Gasteiger partial charge in [0.05, 0.1) is 12.0 Å². The van der Waals surface area contributed by atoms with Crippen molar-refractivity contribution in [2.75, 3.05) is 6.61 Å². The molecule has 2 rings (SSSR count). The molecule has 0 spiro atoms. The van der Waals surface area contributed by atoms with Gasteiger partial charge in [0.1, 0.15) is 0 Å². The zero-order valence-electron chi connectivity index (χ0n) is 14.0. The highest BCUT2D eigenvalue weighted by atomic mass is 16.5. The number of carbonyl (C=O) groups is 1. The maximum atomic E-state index is 12.9. The highest BCUT2D eigenvalue weighted by molar-refractivity contribution is 6.00. The predicted octanol–water partition coefficient (Wildman–Crippen LogP) is 4.93. The van der Waals surface area contributed by atoms with Crippen LogP contribution >= 0.6 is 0 Å². The number of carbonyl (C=O) groups excluding carboxylic acids is 1. The van der Waals surface area contributed by atoms with E-state index in [2.05, 4.69) is 46.8 Å². The Balaban J connectivity index is 2.36. The van der Waals surface area contributed by atoms with E-state index in [0.717, 1.165) is 25.0 Å². The maximum absolute atomic E-state index is 12.9. The van der Waals surface area contributed by atoms with Crippen LogP contribution in [0.4, 0.5) is 0 Å². The van der Waals surface area contributed by atoms with Gasteiger partial charge in [-0.3, -0.25) is 4.79 Å². The fourth-order valence-electron chi connectivity index (χ4n) is 3.19. The lowest BCUT2D eigenvalue weighted by Gasteiger charge is -2.20. The van der Waals surface area contributed by atoms with Gasteiger partial charge in [0, 0.05) is 12.2 Å². The van der Waals surface area contributed by atoms with Crippen molar-refractivity contribution in [3.63, 3.8) is 0 Å². The van der Waals surface area contributed by atoms with Gasteiger partial charge in [-0.15, -0.1) is 0 Å². The van der Waals surface area contributed by atoms with E-state index >= 15 is 0 Å². The molecule has 2 nitrogen and oxygen atoms in total. The maximum Gasteiger partial charge on any atom is 0.168 e. The normalized spacial score (nSPS) is 22.2. The quantitative estimate of drug-likeness (QED) is 0.718. The van der Waals surface area contributed by atoms with Crippen LogP contribution in [0.25, 0.3) is 0 Å². The minimum absolute atomic E-state index is 0.0393. The number of rotatable bonds is 5. The van der Waals surface area contributed by atoms with Crippen LogP contribution in [0.5, 0.6) is 0 Å². The Morgan fingerprint density at radius 2 is 1.95 bits per heavy atom. The Morgan fingerprint density at radius 1 is 1.24 bits per heavy atom. The van der Waals surface area contributed by atoms with Crippen molar-refractivity contribution in [1.29, 1.82) is 0 Å². The van der Waals surface area contributed by atoms with Gasteiger partial charge in [0.25, 0.3) is 0 Å². The summed E-state index contributed by atoms with van der Waals surface area (Å²) in [5.41, 5.74) is 3.40. The van der Waals surface area contributed by atoms with Gasteiger partial charge in [0.2, 0.25) is 0 Å². The molecule has 0 radical (unpaired) electrons. The van der Waals surface area contributed by atoms with Crippen LogP contribution in [0.2, 0.25) is 0 Å². The average molecular weight is 288 g/mol. The first-order valence-corrected chi connectivity index (χ1v) is 8.25. The molecule has 1 aliphatic heterocycles. The molecule has 2 unspecified atom stereocenters. The average Bonchev–Trinajstić information content (AvgIpc) is 2.94. The summed E-state index contributed by atoms with van der Waals surface area (Å²) in [6.07, 6.45) is 1.88. The van der Waals surface area contributed by atoms with Gasteiger partial charge in [-0.25, -0.2) is 0 Å². The third kappa shape index (κ3) is 3.37. The second-order valence-corrected chi connectivity index (χ2v) is 6.73. The van der Waals surface area contributed by atoms with Crippen molar-refractivity contribution in [3.05, 3.63) is 34.9 Å². The molecule has 0 bridgehead atoms. The van der Waals surface area contributed by atoms with Crippen molar-refractivity contribution in [2.24, 2.45) is 5.92 Å². The highest BCUT2D eigenvalue weighted by Crippen LogP contribution is 2.31. The Morgan fingerprint density at radius 3 is 2.52 bits per heavy atom. The van der Waals surface area contributed by atoms with Gasteiger partial charge in [-0.2, -0.15) is 0 Å². The summed E-state index contributed by atoms with van der Waals surface area (Å²) in [7, 11) is 0. The van der Waals surface area contributed by atoms with Gasteiger partial charge in [-0.05, 0) is 35.8 Å². The molecule has 2 heteroatoms. The first kappa shape index (κ1) is 16.2. The lowest BCUT2D eigenvalue weighted by molar-refractivity contribution is 0.0688. The zero-order chi connectivity index (χ0) is 15.6. The van der Waals surface area contributed by atoms with Crippen LogP contribution in [0, 0.1) is 5.92 Å². The lowest BCUT2D eigenvalue weighted by atomic mass is 9.84. The monoisotopic (exact) mass is 288 g/mol. The van der Waals surface area contributed by atoms with Crippen LogP contribution in [0.15, 0.2) is 18.2 Å². The molecule has 0 saturated carbocycles. The van der Waals surface area contributed by atoms with Crippen LogP contribution in [-0.2, 0) is 4.74 Å². The smallest absolute Gasteiger partial charge is 0.168 e. The molecule has 1 fully saturated rings. The Hall–Kier alpha value is -1.15. The molecule has 1 aromatic rings. The van der Waals surface area contributed by atoms with E-state index in [1.165, 1.54) is 11.1 Å². The van der Waals surface area contributed by atoms with Crippen LogP contribution in [0.3, 0.4) is 0 Å². The number of Topliss-reactive ketones (excluding diaryl/α,β-unsaturated/α-hetero) is 1. The summed E-state index contributed by atoms with van der Waals surface area (Å²) in [5, 5.41) is 0. The summed E-state index contributed by atoms with van der Waals surface area (Å²) < 4.78 is 5.70. The van der Waals surface area contributed by atoms with E-state index in [1.54, 1.807) is 0 Å². The summed E-state index contributed by atoms with van der Waals surface area (Å²) in [4.78, 5) is 12.9. The van der Waals surface area contributed by atoms with E-state index in [0.29, 0.717) is 11.8 Å². The van der Waals surface area contributed by atoms with Crippen LogP contribution in [0.1, 0.15) is 80.8 Å². The molecular weight excluding hydrogens is 260 g/mol. The molecule has 0 aliphatic carbocycles. The minimum Gasteiger partial charge on any atom is -0.377 e. The van der Waals surface area contributed by atoms with Crippen molar-refractivity contribution < 1.29 is 9.53 Å².